The van der Waals surface area contributed by atoms with Crippen molar-refractivity contribution in [3.8, 4) is 0 Å². The molecule has 0 saturated carbocycles. The number of halogens is 1. The van der Waals surface area contributed by atoms with Crippen LogP contribution < -0.4 is 5.32 Å². The van der Waals surface area contributed by atoms with Gasteiger partial charge in [0, 0.05) is 13.2 Å². The molecule has 0 saturated heterocycles. The first kappa shape index (κ1) is 11.0. The third-order valence-electron chi connectivity index (χ3n) is 2.07. The summed E-state index contributed by atoms with van der Waals surface area (Å²) in [6.07, 6.45) is 0. The lowest BCUT2D eigenvalue weighted by atomic mass is 10.1. The van der Waals surface area contributed by atoms with Gasteiger partial charge in [-0.1, -0.05) is 13.0 Å². The highest BCUT2D eigenvalue weighted by atomic mass is 19.1. The highest BCUT2D eigenvalue weighted by Crippen LogP contribution is 2.15. The largest absolute Gasteiger partial charge is 0.396 e. The molecule has 1 aromatic rings. The van der Waals surface area contributed by atoms with E-state index in [2.05, 4.69) is 5.32 Å². The highest BCUT2D eigenvalue weighted by molar-refractivity contribution is 5.46. The Morgan fingerprint density at radius 1 is 1.50 bits per heavy atom. The maximum atomic E-state index is 13.2. The lowest BCUT2D eigenvalue weighted by molar-refractivity contribution is 0.244. The predicted octanol–water partition coefficient (Wildman–Crippen LogP) is 2.17. The zero-order valence-electron chi connectivity index (χ0n) is 8.55. The number of nitrogens with one attached hydrogen (secondary N) is 1. The van der Waals surface area contributed by atoms with E-state index in [1.807, 2.05) is 13.8 Å². The van der Waals surface area contributed by atoms with E-state index >= 15 is 0 Å². The third kappa shape index (κ3) is 3.00. The first-order chi connectivity index (χ1) is 6.63. The van der Waals surface area contributed by atoms with Crippen molar-refractivity contribution in [2.45, 2.75) is 13.8 Å². The fourth-order valence-corrected chi connectivity index (χ4v) is 1.12. The van der Waals surface area contributed by atoms with Gasteiger partial charge in [0.15, 0.2) is 0 Å². The Morgan fingerprint density at radius 2 is 2.21 bits per heavy atom. The molecule has 0 radical (unpaired) electrons. The Labute approximate surface area is 83.8 Å². The topological polar surface area (TPSA) is 32.3 Å². The van der Waals surface area contributed by atoms with Crippen molar-refractivity contribution in [1.82, 2.24) is 0 Å². The summed E-state index contributed by atoms with van der Waals surface area (Å²) in [4.78, 5) is 0. The van der Waals surface area contributed by atoms with Gasteiger partial charge in [-0.2, -0.15) is 0 Å². The Kier molecular flexibility index (Phi) is 3.89. The van der Waals surface area contributed by atoms with E-state index in [1.54, 1.807) is 12.1 Å². The molecule has 2 N–H and O–H groups in total. The fraction of sp³-hybridized carbons (Fsp3) is 0.455. The number of anilines is 1. The van der Waals surface area contributed by atoms with E-state index in [4.69, 9.17) is 5.11 Å². The van der Waals surface area contributed by atoms with Gasteiger partial charge in [0.2, 0.25) is 0 Å². The quantitative estimate of drug-likeness (QED) is 0.775. The summed E-state index contributed by atoms with van der Waals surface area (Å²) in [5, 5.41) is 11.8. The molecule has 0 aromatic heterocycles. The van der Waals surface area contributed by atoms with Gasteiger partial charge in [0.1, 0.15) is 5.82 Å². The fourth-order valence-electron chi connectivity index (χ4n) is 1.12. The molecule has 3 heteroatoms. The summed E-state index contributed by atoms with van der Waals surface area (Å²) in [5.74, 6) is -0.115. The van der Waals surface area contributed by atoms with Gasteiger partial charge >= 0.3 is 0 Å². The van der Waals surface area contributed by atoms with Gasteiger partial charge in [0.05, 0.1) is 5.69 Å². The summed E-state index contributed by atoms with van der Waals surface area (Å²) in [5.41, 5.74) is 1.52. The molecule has 0 fully saturated rings. The molecule has 14 heavy (non-hydrogen) atoms. The number of aliphatic hydroxyl groups excluding tert-OH is 1. The number of hydrogen-bond acceptors (Lipinski definition) is 2. The van der Waals surface area contributed by atoms with Gasteiger partial charge < -0.3 is 10.4 Å². The zero-order valence-corrected chi connectivity index (χ0v) is 8.55. The van der Waals surface area contributed by atoms with E-state index < -0.39 is 0 Å². The molecule has 1 atom stereocenters. The predicted molar refractivity (Wildman–Crippen MR) is 55.9 cm³/mol. The van der Waals surface area contributed by atoms with Crippen molar-refractivity contribution < 1.29 is 9.50 Å². The molecular formula is C11H16FNO. The van der Waals surface area contributed by atoms with Gasteiger partial charge in [-0.25, -0.2) is 4.39 Å². The number of aliphatic hydroxyl groups is 1. The van der Waals surface area contributed by atoms with E-state index in [1.165, 1.54) is 6.07 Å². The van der Waals surface area contributed by atoms with Crippen LogP contribution in [0, 0.1) is 18.7 Å². The minimum Gasteiger partial charge on any atom is -0.396 e. The van der Waals surface area contributed by atoms with Gasteiger partial charge in [0.25, 0.3) is 0 Å². The van der Waals surface area contributed by atoms with Crippen molar-refractivity contribution in [2.75, 3.05) is 18.5 Å². The first-order valence-electron chi connectivity index (χ1n) is 4.74. The van der Waals surface area contributed by atoms with Crippen molar-refractivity contribution in [3.63, 3.8) is 0 Å². The maximum absolute atomic E-state index is 13.2. The summed E-state index contributed by atoms with van der Waals surface area (Å²) in [7, 11) is 0. The van der Waals surface area contributed by atoms with Gasteiger partial charge in [-0.3, -0.25) is 0 Å². The van der Waals surface area contributed by atoms with Crippen LogP contribution in [0.3, 0.4) is 0 Å². The van der Waals surface area contributed by atoms with Crippen LogP contribution in [0.1, 0.15) is 12.5 Å². The lowest BCUT2D eigenvalue weighted by Crippen LogP contribution is -2.15. The molecule has 0 heterocycles. The van der Waals surface area contributed by atoms with Crippen molar-refractivity contribution in [3.05, 3.63) is 29.6 Å². The van der Waals surface area contributed by atoms with Crippen LogP contribution in [0.5, 0.6) is 0 Å². The van der Waals surface area contributed by atoms with E-state index in [0.29, 0.717) is 12.2 Å². The second-order valence-corrected chi connectivity index (χ2v) is 3.65. The van der Waals surface area contributed by atoms with Crippen molar-refractivity contribution in [1.29, 1.82) is 0 Å². The van der Waals surface area contributed by atoms with E-state index in [9.17, 15) is 4.39 Å². The normalized spacial score (nSPS) is 12.6. The van der Waals surface area contributed by atoms with Crippen LogP contribution in [-0.4, -0.2) is 18.3 Å². The number of aryl methyl sites for hydroxylation is 1. The molecule has 0 amide bonds. The molecule has 1 aromatic carbocycles. The number of rotatable bonds is 4. The summed E-state index contributed by atoms with van der Waals surface area (Å²) < 4.78 is 13.2. The standard InChI is InChI=1S/C11H16FNO/c1-8-3-4-10(12)11(5-8)13-6-9(2)7-14/h3-5,9,13-14H,6-7H2,1-2H3. The molecule has 0 spiro atoms. The maximum Gasteiger partial charge on any atom is 0.146 e. The smallest absolute Gasteiger partial charge is 0.146 e. The van der Waals surface area contributed by atoms with Crippen molar-refractivity contribution >= 4 is 5.69 Å². The van der Waals surface area contributed by atoms with Crippen LogP contribution >= 0.6 is 0 Å². The van der Waals surface area contributed by atoms with Crippen LogP contribution in [0.4, 0.5) is 10.1 Å². The van der Waals surface area contributed by atoms with Crippen molar-refractivity contribution in [2.24, 2.45) is 5.92 Å². The second-order valence-electron chi connectivity index (χ2n) is 3.65. The highest BCUT2D eigenvalue weighted by Gasteiger charge is 2.03. The number of hydrogen-bond donors (Lipinski definition) is 2. The third-order valence-corrected chi connectivity index (χ3v) is 2.07. The van der Waals surface area contributed by atoms with E-state index in [-0.39, 0.29) is 18.3 Å². The Balaban J connectivity index is 2.62. The van der Waals surface area contributed by atoms with Crippen LogP contribution in [0.2, 0.25) is 0 Å². The average molecular weight is 197 g/mol. The molecule has 0 aliphatic carbocycles. The zero-order chi connectivity index (χ0) is 10.6. The molecule has 0 bridgehead atoms. The van der Waals surface area contributed by atoms with E-state index in [0.717, 1.165) is 5.56 Å². The second kappa shape index (κ2) is 4.96. The van der Waals surface area contributed by atoms with Gasteiger partial charge in [-0.05, 0) is 30.5 Å². The molecule has 0 aliphatic heterocycles. The lowest BCUT2D eigenvalue weighted by Gasteiger charge is -2.11. The minimum atomic E-state index is -0.249. The van der Waals surface area contributed by atoms with Crippen LogP contribution in [-0.2, 0) is 0 Å². The van der Waals surface area contributed by atoms with Crippen LogP contribution in [0.25, 0.3) is 0 Å². The minimum absolute atomic E-state index is 0.112. The summed E-state index contributed by atoms with van der Waals surface area (Å²) >= 11 is 0. The Morgan fingerprint density at radius 3 is 2.86 bits per heavy atom. The average Bonchev–Trinajstić information content (AvgIpc) is 2.19. The Bertz CT molecular complexity index is 301. The summed E-state index contributed by atoms with van der Waals surface area (Å²) in [6, 6.07) is 4.94. The molecule has 0 aliphatic rings. The Hall–Kier alpha value is -1.09. The molecule has 1 unspecified atom stereocenters. The molecule has 1 rings (SSSR count). The number of benzene rings is 1. The molecule has 2 nitrogen and oxygen atoms in total. The SMILES string of the molecule is Cc1ccc(F)c(NCC(C)CO)c1. The van der Waals surface area contributed by atoms with Gasteiger partial charge in [-0.15, -0.1) is 0 Å². The molecular weight excluding hydrogens is 181 g/mol. The summed E-state index contributed by atoms with van der Waals surface area (Å²) in [6.45, 7) is 4.51. The first-order valence-corrected chi connectivity index (χ1v) is 4.74. The monoisotopic (exact) mass is 197 g/mol. The van der Waals surface area contributed by atoms with Crippen LogP contribution in [0.15, 0.2) is 18.2 Å². The molecule has 78 valence electrons.